The molecule has 0 bridgehead atoms. The quantitative estimate of drug-likeness (QED) is 0.177. The number of hydrogen-bond acceptors (Lipinski definition) is 3. The third kappa shape index (κ3) is 5.67. The lowest BCUT2D eigenvalue weighted by molar-refractivity contribution is -0.0673. The summed E-state index contributed by atoms with van der Waals surface area (Å²) in [6.45, 7) is 25.0. The molecule has 0 fully saturated rings. The van der Waals surface area contributed by atoms with Gasteiger partial charge >= 0.3 is 0 Å². The number of benzene rings is 6. The van der Waals surface area contributed by atoms with Gasteiger partial charge in [-0.1, -0.05) is 102 Å². The van der Waals surface area contributed by atoms with Gasteiger partial charge in [0.1, 0.15) is 16.8 Å². The van der Waals surface area contributed by atoms with Gasteiger partial charge in [0.25, 0.3) is 0 Å². The normalized spacial score (nSPS) is 18.7. The van der Waals surface area contributed by atoms with E-state index in [1.807, 2.05) is 12.3 Å². The number of rotatable bonds is 4. The zero-order chi connectivity index (χ0) is 44.0. The van der Waals surface area contributed by atoms with Crippen LogP contribution in [0.1, 0.15) is 93.0 Å². The maximum Gasteiger partial charge on any atom is 0.217 e. The Morgan fingerprint density at radius 2 is 1.30 bits per heavy atom. The topological polar surface area (TPSA) is 44.3 Å². The Hall–Kier alpha value is -6.46. The molecule has 314 valence electrons. The van der Waals surface area contributed by atoms with Crippen molar-refractivity contribution in [2.45, 2.75) is 99.1 Å². The van der Waals surface area contributed by atoms with Crippen LogP contribution in [0.4, 0.5) is 0 Å². The molecule has 4 heterocycles. The van der Waals surface area contributed by atoms with E-state index in [-0.39, 0.29) is 10.8 Å². The average Bonchev–Trinajstić information content (AvgIpc) is 3.92. The van der Waals surface area contributed by atoms with E-state index >= 15 is 0 Å². The van der Waals surface area contributed by atoms with E-state index in [1.54, 1.807) is 0 Å². The molecule has 3 aromatic heterocycles. The molecule has 0 spiro atoms. The number of nitrogens with zero attached hydrogens (tertiary/aromatic N) is 4. The molecular formula is C58H56N4O. The Kier molecular flexibility index (Phi) is 8.30. The van der Waals surface area contributed by atoms with Crippen LogP contribution in [-0.4, -0.2) is 25.6 Å². The smallest absolute Gasteiger partial charge is 0.217 e. The molecule has 2 aliphatic rings. The van der Waals surface area contributed by atoms with Gasteiger partial charge in [0.15, 0.2) is 0 Å². The molecule has 0 saturated carbocycles. The molecule has 1 aliphatic carbocycles. The molecule has 63 heavy (non-hydrogen) atoms. The summed E-state index contributed by atoms with van der Waals surface area (Å²) in [6, 6.07) is 45.2. The van der Waals surface area contributed by atoms with Crippen LogP contribution in [0.15, 0.2) is 133 Å². The van der Waals surface area contributed by atoms with E-state index in [2.05, 4.69) is 201 Å². The molecule has 1 aliphatic heterocycles. The Balaban J connectivity index is 1.16. The number of aliphatic imine (C=N–C) groups is 1. The number of pyridine rings is 1. The van der Waals surface area contributed by atoms with Crippen molar-refractivity contribution in [1.82, 2.24) is 14.1 Å². The summed E-state index contributed by atoms with van der Waals surface area (Å²) in [5.74, 6) is 0.725. The third-order valence-corrected chi connectivity index (χ3v) is 14.7. The lowest BCUT2D eigenvalue weighted by atomic mass is 9.66. The van der Waals surface area contributed by atoms with Crippen LogP contribution in [0.5, 0.6) is 0 Å². The van der Waals surface area contributed by atoms with Gasteiger partial charge in [0.2, 0.25) is 5.90 Å². The van der Waals surface area contributed by atoms with Gasteiger partial charge < -0.3 is 9.30 Å². The minimum Gasteiger partial charge on any atom is -0.467 e. The Labute approximate surface area is 371 Å². The first kappa shape index (κ1) is 39.4. The maximum atomic E-state index is 7.45. The molecule has 2 atom stereocenters. The van der Waals surface area contributed by atoms with Gasteiger partial charge in [-0.05, 0) is 151 Å². The average molecular weight is 825 g/mol. The van der Waals surface area contributed by atoms with Crippen LogP contribution in [0.2, 0.25) is 0 Å². The number of aromatic nitrogens is 3. The Bertz CT molecular complexity index is 3420. The second kappa shape index (κ2) is 13.3. The molecule has 0 radical (unpaired) electrons. The van der Waals surface area contributed by atoms with Gasteiger partial charge in [-0.15, -0.1) is 0 Å². The van der Waals surface area contributed by atoms with Crippen LogP contribution in [0, 0.1) is 33.1 Å². The Morgan fingerprint density at radius 1 is 0.587 bits per heavy atom. The van der Waals surface area contributed by atoms with Gasteiger partial charge in [-0.3, -0.25) is 4.57 Å². The second-order valence-electron chi connectivity index (χ2n) is 20.8. The zero-order valence-corrected chi connectivity index (χ0v) is 38.5. The Morgan fingerprint density at radius 3 is 2.06 bits per heavy atom. The second-order valence-corrected chi connectivity index (χ2v) is 20.8. The summed E-state index contributed by atoms with van der Waals surface area (Å²) in [5, 5.41) is 4.79. The molecule has 6 aromatic carbocycles. The predicted molar refractivity (Wildman–Crippen MR) is 263 cm³/mol. The first-order valence-electron chi connectivity index (χ1n) is 22.5. The van der Waals surface area contributed by atoms with E-state index in [0.717, 1.165) is 51.3 Å². The third-order valence-electron chi connectivity index (χ3n) is 14.7. The van der Waals surface area contributed by atoms with Crippen molar-refractivity contribution in [2.24, 2.45) is 10.4 Å². The van der Waals surface area contributed by atoms with Crippen molar-refractivity contribution in [3.63, 3.8) is 0 Å². The monoisotopic (exact) mass is 824 g/mol. The molecule has 5 nitrogen and oxygen atoms in total. The van der Waals surface area contributed by atoms with Crippen molar-refractivity contribution in [3.8, 4) is 22.5 Å². The van der Waals surface area contributed by atoms with Crippen LogP contribution in [0.25, 0.3) is 66.2 Å². The highest BCUT2D eigenvalue weighted by Crippen LogP contribution is 2.60. The van der Waals surface area contributed by atoms with Crippen molar-refractivity contribution in [2.75, 3.05) is 0 Å². The minimum atomic E-state index is -0.540. The SMILES string of the molecule is Cc1ccc2c(c1)c1cc(C)c(-n3c4ccc(-c5ccccc5)cc4c4cccnc43)cc1n2-c1cc(C2=N[C@]3(C)c4cc(C)c(C)cc4C[C@]3(C(C)(C)C)O2)cc(C(C)(C)C)c1. The van der Waals surface area contributed by atoms with Crippen molar-refractivity contribution in [1.29, 1.82) is 0 Å². The van der Waals surface area contributed by atoms with Crippen LogP contribution in [-0.2, 0) is 22.1 Å². The molecule has 0 amide bonds. The molecule has 0 saturated heterocycles. The fourth-order valence-electron chi connectivity index (χ4n) is 11.1. The van der Waals surface area contributed by atoms with Crippen molar-refractivity contribution < 1.29 is 4.74 Å². The molecule has 5 heteroatoms. The lowest BCUT2D eigenvalue weighted by Crippen LogP contribution is -2.54. The molecule has 11 rings (SSSR count). The van der Waals surface area contributed by atoms with E-state index in [0.29, 0.717) is 0 Å². The fourth-order valence-corrected chi connectivity index (χ4v) is 11.1. The predicted octanol–water partition coefficient (Wildman–Crippen LogP) is 14.5. The maximum absolute atomic E-state index is 7.45. The van der Waals surface area contributed by atoms with Crippen LogP contribution in [0.3, 0.4) is 0 Å². The number of fused-ring (bicyclic) bond motifs is 9. The standard InChI is InChI=1S/C58H56N4O/c1-34-19-21-49-45(24-34)46-26-37(4)51(62-50-22-20-39(38-16-13-12-14-17-38)30-47(50)44-18-15-23-59-53(44)62)32-52(46)61(49)43-29-40(28-42(31-43)55(5,6)7)54-60-57(11)48-27-36(3)35(2)25-41(48)33-58(57,63-54)56(8,9)10/h12-32H,33H2,1-11H3/t57-,58-/m1/s1. The van der Waals surface area contributed by atoms with E-state index in [4.69, 9.17) is 14.7 Å². The summed E-state index contributed by atoms with van der Waals surface area (Å²) in [6.07, 6.45) is 2.73. The fraction of sp³-hybridized carbons (Fsp3) is 0.276. The summed E-state index contributed by atoms with van der Waals surface area (Å²) in [5.41, 5.74) is 17.5. The summed E-state index contributed by atoms with van der Waals surface area (Å²) in [7, 11) is 0. The number of hydrogen-bond donors (Lipinski definition) is 0. The zero-order valence-electron chi connectivity index (χ0n) is 38.5. The highest BCUT2D eigenvalue weighted by molar-refractivity contribution is 6.12. The minimum absolute atomic E-state index is 0.142. The van der Waals surface area contributed by atoms with Crippen molar-refractivity contribution >= 4 is 49.6 Å². The van der Waals surface area contributed by atoms with Gasteiger partial charge in [-0.2, -0.15) is 0 Å². The molecular weight excluding hydrogens is 769 g/mol. The van der Waals surface area contributed by atoms with Gasteiger partial charge in [-0.25, -0.2) is 9.98 Å². The highest BCUT2D eigenvalue weighted by Gasteiger charge is 2.66. The summed E-state index contributed by atoms with van der Waals surface area (Å²) < 4.78 is 12.3. The number of aryl methyl sites for hydroxylation is 4. The number of ether oxygens (including phenoxy) is 1. The van der Waals surface area contributed by atoms with Crippen LogP contribution >= 0.6 is 0 Å². The van der Waals surface area contributed by atoms with Crippen LogP contribution < -0.4 is 0 Å². The highest BCUT2D eigenvalue weighted by atomic mass is 16.5. The largest absolute Gasteiger partial charge is 0.467 e. The van der Waals surface area contributed by atoms with E-state index < -0.39 is 11.1 Å². The van der Waals surface area contributed by atoms with E-state index in [9.17, 15) is 0 Å². The van der Waals surface area contributed by atoms with Crippen molar-refractivity contribution in [3.05, 3.63) is 172 Å². The summed E-state index contributed by atoms with van der Waals surface area (Å²) >= 11 is 0. The molecule has 0 N–H and O–H groups in total. The molecule has 9 aromatic rings. The molecule has 0 unspecified atom stereocenters. The summed E-state index contributed by atoms with van der Waals surface area (Å²) in [4.78, 5) is 10.8. The lowest BCUT2D eigenvalue weighted by Gasteiger charge is -2.45. The van der Waals surface area contributed by atoms with Gasteiger partial charge in [0.05, 0.1) is 22.2 Å². The first-order chi connectivity index (χ1) is 30.0. The first-order valence-corrected chi connectivity index (χ1v) is 22.5. The van der Waals surface area contributed by atoms with Gasteiger partial charge in [0, 0.05) is 50.8 Å². The van der Waals surface area contributed by atoms with E-state index in [1.165, 1.54) is 71.7 Å².